The quantitative estimate of drug-likeness (QED) is 0.466. The largest absolute Gasteiger partial charge is 0.492 e. The minimum atomic E-state index is -3.77. The van der Waals surface area contributed by atoms with E-state index in [0.29, 0.717) is 18.3 Å². The van der Waals surface area contributed by atoms with E-state index >= 15 is 0 Å². The van der Waals surface area contributed by atoms with Crippen LogP contribution in [0, 0.1) is 0 Å². The molecule has 0 bridgehead atoms. The van der Waals surface area contributed by atoms with Crippen LogP contribution in [0.2, 0.25) is 0 Å². The number of benzene rings is 3. The second-order valence-electron chi connectivity index (χ2n) is 7.55. The average Bonchev–Trinajstić information content (AvgIpc) is 2.80. The van der Waals surface area contributed by atoms with Crippen molar-refractivity contribution in [1.29, 1.82) is 0 Å². The number of sulfone groups is 1. The predicted octanol–water partition coefficient (Wildman–Crippen LogP) is 4.74. The van der Waals surface area contributed by atoms with Gasteiger partial charge in [-0.3, -0.25) is 0 Å². The van der Waals surface area contributed by atoms with Gasteiger partial charge in [0.05, 0.1) is 16.4 Å². The van der Waals surface area contributed by atoms with Gasteiger partial charge in [-0.2, -0.15) is 0 Å². The molecule has 0 spiro atoms. The van der Waals surface area contributed by atoms with Crippen molar-refractivity contribution in [3.05, 3.63) is 72.3 Å². The average molecular weight is 490 g/mol. The second-order valence-corrected chi connectivity index (χ2v) is 11.4. The summed E-state index contributed by atoms with van der Waals surface area (Å²) in [4.78, 5) is 0.305. The molecular weight excluding hydrogens is 462 g/mol. The molecule has 0 aliphatic rings. The zero-order chi connectivity index (χ0) is 24.2. The van der Waals surface area contributed by atoms with Crippen molar-refractivity contribution in [2.75, 3.05) is 13.7 Å². The summed E-state index contributed by atoms with van der Waals surface area (Å²) in [6.45, 7) is 6.16. The number of nitrogens with one attached hydrogen (secondary N) is 1. The van der Waals surface area contributed by atoms with Gasteiger partial charge in [0.25, 0.3) is 0 Å². The molecule has 0 saturated carbocycles. The van der Waals surface area contributed by atoms with Crippen LogP contribution >= 0.6 is 0 Å². The van der Waals surface area contributed by atoms with Crippen LogP contribution in [0.1, 0.15) is 32.3 Å². The fourth-order valence-corrected chi connectivity index (χ4v) is 5.28. The monoisotopic (exact) mass is 489 g/mol. The maximum absolute atomic E-state index is 12.9. The van der Waals surface area contributed by atoms with Crippen molar-refractivity contribution in [1.82, 2.24) is 4.72 Å². The minimum absolute atomic E-state index is 0.0478. The number of hydrogen-bond acceptors (Lipinski definition) is 6. The van der Waals surface area contributed by atoms with E-state index in [2.05, 4.69) is 4.72 Å². The third-order valence-corrected chi connectivity index (χ3v) is 8.22. The van der Waals surface area contributed by atoms with Crippen molar-refractivity contribution in [2.24, 2.45) is 0 Å². The highest BCUT2D eigenvalue weighted by Gasteiger charge is 2.20. The lowest BCUT2D eigenvalue weighted by Crippen LogP contribution is -2.19. The van der Waals surface area contributed by atoms with Gasteiger partial charge >= 0.3 is 0 Å². The van der Waals surface area contributed by atoms with E-state index in [1.807, 2.05) is 26.0 Å². The molecule has 0 amide bonds. The molecule has 9 heteroatoms. The summed E-state index contributed by atoms with van der Waals surface area (Å²) in [5.41, 5.74) is 1.06. The highest BCUT2D eigenvalue weighted by molar-refractivity contribution is 7.91. The molecule has 0 unspecified atom stereocenters. The number of sulfonamides is 1. The first kappa shape index (κ1) is 24.8. The normalized spacial score (nSPS) is 12.0. The Kier molecular flexibility index (Phi) is 7.46. The van der Waals surface area contributed by atoms with Crippen molar-refractivity contribution < 1.29 is 26.3 Å². The third-order valence-electron chi connectivity index (χ3n) is 5.00. The van der Waals surface area contributed by atoms with E-state index < -0.39 is 19.9 Å². The molecule has 0 fully saturated rings. The van der Waals surface area contributed by atoms with Crippen LogP contribution in [0.5, 0.6) is 17.2 Å². The van der Waals surface area contributed by atoms with E-state index in [-0.39, 0.29) is 26.2 Å². The predicted molar refractivity (Wildman–Crippen MR) is 126 cm³/mol. The first-order chi connectivity index (χ1) is 15.6. The van der Waals surface area contributed by atoms with Gasteiger partial charge in [-0.15, -0.1) is 0 Å². The molecule has 176 valence electrons. The van der Waals surface area contributed by atoms with Gasteiger partial charge in [0.15, 0.2) is 0 Å². The Hall–Kier alpha value is -2.88. The molecule has 0 atom stereocenters. The Morgan fingerprint density at radius 1 is 0.818 bits per heavy atom. The van der Waals surface area contributed by atoms with Gasteiger partial charge in [-0.25, -0.2) is 21.6 Å². The highest BCUT2D eigenvalue weighted by Crippen LogP contribution is 2.32. The summed E-state index contributed by atoms with van der Waals surface area (Å²) in [6.07, 6.45) is 0. The van der Waals surface area contributed by atoms with E-state index in [9.17, 15) is 16.8 Å². The summed E-state index contributed by atoms with van der Waals surface area (Å²) in [7, 11) is -6.12. The Morgan fingerprint density at radius 3 is 1.88 bits per heavy atom. The minimum Gasteiger partial charge on any atom is -0.492 e. The summed E-state index contributed by atoms with van der Waals surface area (Å²) in [5.74, 6) is 1.15. The highest BCUT2D eigenvalue weighted by atomic mass is 32.2. The van der Waals surface area contributed by atoms with Crippen LogP contribution in [0.25, 0.3) is 0 Å². The van der Waals surface area contributed by atoms with Crippen LogP contribution in [0.3, 0.4) is 0 Å². The zero-order valence-corrected chi connectivity index (χ0v) is 20.5. The van der Waals surface area contributed by atoms with Gasteiger partial charge in [-0.05, 0) is 74.0 Å². The number of hydrogen-bond donors (Lipinski definition) is 1. The SMILES string of the molecule is CCOc1ccc(Oc2ccc(S(=O)(=O)c3ccc(C(C)C)cc3)cc2)cc1S(=O)(=O)NC. The smallest absolute Gasteiger partial charge is 0.244 e. The summed E-state index contributed by atoms with van der Waals surface area (Å²) in [6, 6.07) is 17.3. The van der Waals surface area contributed by atoms with Crippen molar-refractivity contribution in [3.63, 3.8) is 0 Å². The van der Waals surface area contributed by atoms with Crippen LogP contribution in [0.15, 0.2) is 81.4 Å². The summed E-state index contributed by atoms with van der Waals surface area (Å²) in [5, 5.41) is 0. The Bertz CT molecular complexity index is 1310. The van der Waals surface area contributed by atoms with Crippen molar-refractivity contribution in [3.8, 4) is 17.2 Å². The van der Waals surface area contributed by atoms with Gasteiger partial charge < -0.3 is 9.47 Å². The van der Waals surface area contributed by atoms with Gasteiger partial charge in [0, 0.05) is 6.07 Å². The van der Waals surface area contributed by atoms with Crippen LogP contribution < -0.4 is 14.2 Å². The number of ether oxygens (including phenoxy) is 2. The zero-order valence-electron chi connectivity index (χ0n) is 18.9. The molecular formula is C24H27NO6S2. The summed E-state index contributed by atoms with van der Waals surface area (Å²) < 4.78 is 64.0. The topological polar surface area (TPSA) is 98.8 Å². The maximum atomic E-state index is 12.9. The van der Waals surface area contributed by atoms with Gasteiger partial charge in [-0.1, -0.05) is 26.0 Å². The first-order valence-electron chi connectivity index (χ1n) is 10.4. The molecule has 0 saturated heterocycles. The van der Waals surface area contributed by atoms with Crippen LogP contribution in [-0.2, 0) is 19.9 Å². The van der Waals surface area contributed by atoms with Crippen LogP contribution in [-0.4, -0.2) is 30.5 Å². The second kappa shape index (κ2) is 9.94. The lowest BCUT2D eigenvalue weighted by atomic mass is 10.0. The Labute approximate surface area is 195 Å². The molecule has 0 aromatic heterocycles. The summed E-state index contributed by atoms with van der Waals surface area (Å²) >= 11 is 0. The standard InChI is InChI=1S/C24H27NO6S2/c1-5-30-23-15-10-20(16-24(23)33(28,29)25-4)31-19-8-13-22(14-9-19)32(26,27)21-11-6-18(7-12-21)17(2)3/h6-17,25H,5H2,1-4H3. The van der Waals surface area contributed by atoms with Crippen molar-refractivity contribution in [2.45, 2.75) is 41.4 Å². The Morgan fingerprint density at radius 2 is 1.36 bits per heavy atom. The molecule has 0 radical (unpaired) electrons. The molecule has 33 heavy (non-hydrogen) atoms. The molecule has 0 aliphatic carbocycles. The van der Waals surface area contributed by atoms with Gasteiger partial charge in [0.2, 0.25) is 19.9 Å². The maximum Gasteiger partial charge on any atom is 0.244 e. The third kappa shape index (κ3) is 5.55. The van der Waals surface area contributed by atoms with E-state index in [1.54, 1.807) is 25.1 Å². The van der Waals surface area contributed by atoms with E-state index in [1.165, 1.54) is 43.4 Å². The Balaban J connectivity index is 1.85. The molecule has 0 aliphatic heterocycles. The lowest BCUT2D eigenvalue weighted by Gasteiger charge is -2.13. The first-order valence-corrected chi connectivity index (χ1v) is 13.4. The van der Waals surface area contributed by atoms with Crippen LogP contribution in [0.4, 0.5) is 0 Å². The van der Waals surface area contributed by atoms with Crippen molar-refractivity contribution >= 4 is 19.9 Å². The van der Waals surface area contributed by atoms with E-state index in [0.717, 1.165) is 5.56 Å². The molecule has 3 rings (SSSR count). The van der Waals surface area contributed by atoms with Gasteiger partial charge in [0.1, 0.15) is 22.1 Å². The molecule has 1 N–H and O–H groups in total. The lowest BCUT2D eigenvalue weighted by molar-refractivity contribution is 0.330. The molecule has 0 heterocycles. The fraction of sp³-hybridized carbons (Fsp3) is 0.250. The molecule has 7 nitrogen and oxygen atoms in total. The molecule has 3 aromatic carbocycles. The molecule has 3 aromatic rings. The van der Waals surface area contributed by atoms with E-state index in [4.69, 9.17) is 9.47 Å². The fourth-order valence-electron chi connectivity index (χ4n) is 3.14. The number of rotatable bonds is 9.